The van der Waals surface area contributed by atoms with E-state index in [0.29, 0.717) is 18.7 Å². The van der Waals surface area contributed by atoms with Gasteiger partial charge in [0, 0.05) is 23.1 Å². The maximum absolute atomic E-state index is 12.1. The second-order valence-corrected chi connectivity index (χ2v) is 5.52. The minimum atomic E-state index is -0.0754. The quantitative estimate of drug-likeness (QED) is 0.903. The van der Waals surface area contributed by atoms with Gasteiger partial charge in [-0.15, -0.1) is 0 Å². The lowest BCUT2D eigenvalue weighted by atomic mass is 10.1. The first-order chi connectivity index (χ1) is 9.60. The van der Waals surface area contributed by atoms with Crippen LogP contribution in [0.25, 0.3) is 0 Å². The van der Waals surface area contributed by atoms with Gasteiger partial charge < -0.3 is 11.1 Å². The molecule has 2 aromatic carbocycles. The molecule has 2 aromatic rings. The number of aryl methyl sites for hydroxylation is 1. The molecule has 4 heteroatoms. The van der Waals surface area contributed by atoms with Crippen LogP contribution in [0.5, 0.6) is 0 Å². The highest BCUT2D eigenvalue weighted by molar-refractivity contribution is 9.10. The average molecular weight is 333 g/mol. The second kappa shape index (κ2) is 6.68. The van der Waals surface area contributed by atoms with E-state index < -0.39 is 0 Å². The van der Waals surface area contributed by atoms with Crippen molar-refractivity contribution in [2.75, 3.05) is 0 Å². The number of halogens is 1. The summed E-state index contributed by atoms with van der Waals surface area (Å²) in [5.74, 6) is -0.0754. The number of benzene rings is 2. The first kappa shape index (κ1) is 14.8. The number of nitrogens with one attached hydrogen (secondary N) is 1. The number of rotatable bonds is 4. The smallest absolute Gasteiger partial charge is 0.251 e. The molecule has 0 spiro atoms. The molecule has 0 saturated carbocycles. The zero-order valence-corrected chi connectivity index (χ0v) is 12.9. The Hall–Kier alpha value is -1.65. The van der Waals surface area contributed by atoms with Crippen molar-refractivity contribution in [2.45, 2.75) is 20.0 Å². The van der Waals surface area contributed by atoms with E-state index in [4.69, 9.17) is 5.73 Å². The van der Waals surface area contributed by atoms with Crippen LogP contribution >= 0.6 is 15.9 Å². The van der Waals surface area contributed by atoms with Gasteiger partial charge in [0.1, 0.15) is 0 Å². The van der Waals surface area contributed by atoms with E-state index in [0.717, 1.165) is 21.2 Å². The van der Waals surface area contributed by atoms with E-state index in [9.17, 15) is 4.79 Å². The van der Waals surface area contributed by atoms with E-state index in [2.05, 4.69) is 21.2 Å². The molecule has 0 atom stereocenters. The first-order valence-electron chi connectivity index (χ1n) is 6.42. The van der Waals surface area contributed by atoms with Crippen LogP contribution in [0.3, 0.4) is 0 Å². The van der Waals surface area contributed by atoms with Gasteiger partial charge in [-0.1, -0.05) is 46.3 Å². The molecule has 0 aliphatic heterocycles. The fourth-order valence-corrected chi connectivity index (χ4v) is 2.19. The highest BCUT2D eigenvalue weighted by Gasteiger charge is 2.06. The summed E-state index contributed by atoms with van der Waals surface area (Å²) in [6.45, 7) is 3.03. The summed E-state index contributed by atoms with van der Waals surface area (Å²) in [6.07, 6.45) is 0. The Kier molecular flexibility index (Phi) is 4.93. The SMILES string of the molecule is Cc1ccc(C(=O)NCc2ccc(CN)cc2)cc1Br. The van der Waals surface area contributed by atoms with Crippen LogP contribution < -0.4 is 11.1 Å². The van der Waals surface area contributed by atoms with E-state index in [-0.39, 0.29) is 5.91 Å². The van der Waals surface area contributed by atoms with Gasteiger partial charge in [0.05, 0.1) is 0 Å². The van der Waals surface area contributed by atoms with Gasteiger partial charge in [-0.2, -0.15) is 0 Å². The molecular formula is C16H17BrN2O. The summed E-state index contributed by atoms with van der Waals surface area (Å²) in [6, 6.07) is 13.5. The minimum Gasteiger partial charge on any atom is -0.348 e. The molecule has 3 N–H and O–H groups in total. The Morgan fingerprint density at radius 1 is 1.15 bits per heavy atom. The molecule has 0 aromatic heterocycles. The van der Waals surface area contributed by atoms with Crippen molar-refractivity contribution in [3.63, 3.8) is 0 Å². The Morgan fingerprint density at radius 3 is 2.40 bits per heavy atom. The maximum Gasteiger partial charge on any atom is 0.251 e. The predicted molar refractivity (Wildman–Crippen MR) is 84.4 cm³/mol. The summed E-state index contributed by atoms with van der Waals surface area (Å²) in [7, 11) is 0. The third kappa shape index (κ3) is 3.68. The molecular weight excluding hydrogens is 316 g/mol. The lowest BCUT2D eigenvalue weighted by molar-refractivity contribution is 0.0951. The normalized spacial score (nSPS) is 10.3. The highest BCUT2D eigenvalue weighted by Crippen LogP contribution is 2.17. The predicted octanol–water partition coefficient (Wildman–Crippen LogP) is 3.15. The first-order valence-corrected chi connectivity index (χ1v) is 7.21. The number of carbonyl (C=O) groups excluding carboxylic acids is 1. The van der Waals surface area contributed by atoms with Crippen molar-refractivity contribution in [3.8, 4) is 0 Å². The Balaban J connectivity index is 1.98. The standard InChI is InChI=1S/C16H17BrN2O/c1-11-2-7-14(8-15(11)17)16(20)19-10-13-5-3-12(9-18)4-6-13/h2-8H,9-10,18H2,1H3,(H,19,20). The molecule has 2 rings (SSSR count). The van der Waals surface area contributed by atoms with Gasteiger partial charge in [0.25, 0.3) is 5.91 Å². The van der Waals surface area contributed by atoms with Crippen LogP contribution in [0, 0.1) is 6.92 Å². The van der Waals surface area contributed by atoms with Crippen molar-refractivity contribution in [1.29, 1.82) is 0 Å². The van der Waals surface area contributed by atoms with Gasteiger partial charge in [0.15, 0.2) is 0 Å². The third-order valence-corrected chi connectivity index (χ3v) is 4.00. The van der Waals surface area contributed by atoms with E-state index in [1.807, 2.05) is 49.4 Å². The summed E-state index contributed by atoms with van der Waals surface area (Å²) in [5.41, 5.74) is 9.46. The maximum atomic E-state index is 12.1. The summed E-state index contributed by atoms with van der Waals surface area (Å²) in [5, 5.41) is 2.91. The van der Waals surface area contributed by atoms with E-state index in [1.54, 1.807) is 0 Å². The Morgan fingerprint density at radius 2 is 1.80 bits per heavy atom. The summed E-state index contributed by atoms with van der Waals surface area (Å²) < 4.78 is 0.942. The molecule has 0 aliphatic rings. The largest absolute Gasteiger partial charge is 0.348 e. The number of amides is 1. The Bertz CT molecular complexity index is 608. The van der Waals surface area contributed by atoms with Crippen LogP contribution in [0.15, 0.2) is 46.9 Å². The molecule has 1 amide bonds. The summed E-state index contributed by atoms with van der Waals surface area (Å²) in [4.78, 5) is 12.1. The van der Waals surface area contributed by atoms with Crippen LogP contribution in [-0.4, -0.2) is 5.91 Å². The lowest BCUT2D eigenvalue weighted by Gasteiger charge is -2.07. The molecule has 0 heterocycles. The monoisotopic (exact) mass is 332 g/mol. The number of hydrogen-bond donors (Lipinski definition) is 2. The van der Waals surface area contributed by atoms with Crippen molar-refractivity contribution in [2.24, 2.45) is 5.73 Å². The fourth-order valence-electron chi connectivity index (χ4n) is 1.81. The fraction of sp³-hybridized carbons (Fsp3) is 0.188. The third-order valence-electron chi connectivity index (χ3n) is 3.15. The average Bonchev–Trinajstić information content (AvgIpc) is 2.48. The van der Waals surface area contributed by atoms with Crippen molar-refractivity contribution in [3.05, 3.63) is 69.2 Å². The number of nitrogens with two attached hydrogens (primary N) is 1. The zero-order valence-electron chi connectivity index (χ0n) is 11.3. The van der Waals surface area contributed by atoms with Crippen molar-refractivity contribution >= 4 is 21.8 Å². The second-order valence-electron chi connectivity index (χ2n) is 4.67. The minimum absolute atomic E-state index is 0.0754. The van der Waals surface area contributed by atoms with Crippen LogP contribution in [-0.2, 0) is 13.1 Å². The molecule has 0 bridgehead atoms. The van der Waals surface area contributed by atoms with Crippen LogP contribution in [0.2, 0.25) is 0 Å². The molecule has 0 fully saturated rings. The highest BCUT2D eigenvalue weighted by atomic mass is 79.9. The van der Waals surface area contributed by atoms with Gasteiger partial charge >= 0.3 is 0 Å². The molecule has 3 nitrogen and oxygen atoms in total. The molecule has 20 heavy (non-hydrogen) atoms. The van der Waals surface area contributed by atoms with Gasteiger partial charge in [-0.05, 0) is 35.7 Å². The molecule has 0 aliphatic carbocycles. The van der Waals surface area contributed by atoms with Crippen LogP contribution in [0.1, 0.15) is 27.0 Å². The van der Waals surface area contributed by atoms with Crippen molar-refractivity contribution in [1.82, 2.24) is 5.32 Å². The van der Waals surface area contributed by atoms with Crippen LogP contribution in [0.4, 0.5) is 0 Å². The zero-order chi connectivity index (χ0) is 14.5. The van der Waals surface area contributed by atoms with Gasteiger partial charge in [-0.25, -0.2) is 0 Å². The molecule has 0 radical (unpaired) electrons. The molecule has 0 unspecified atom stereocenters. The van der Waals surface area contributed by atoms with Crippen molar-refractivity contribution < 1.29 is 4.79 Å². The number of hydrogen-bond acceptors (Lipinski definition) is 2. The lowest BCUT2D eigenvalue weighted by Crippen LogP contribution is -2.22. The topological polar surface area (TPSA) is 55.1 Å². The molecule has 104 valence electrons. The van der Waals surface area contributed by atoms with Gasteiger partial charge in [0.2, 0.25) is 0 Å². The van der Waals surface area contributed by atoms with Gasteiger partial charge in [-0.3, -0.25) is 4.79 Å². The van der Waals surface area contributed by atoms with E-state index in [1.165, 1.54) is 0 Å². The summed E-state index contributed by atoms with van der Waals surface area (Å²) >= 11 is 3.43. The number of carbonyl (C=O) groups is 1. The van der Waals surface area contributed by atoms with E-state index >= 15 is 0 Å². The Labute approximate surface area is 127 Å². The molecule has 0 saturated heterocycles.